The Hall–Kier alpha value is -0.130. The molecule has 0 amide bonds. The van der Waals surface area contributed by atoms with E-state index in [0.717, 1.165) is 11.0 Å². The molecule has 0 aliphatic heterocycles. The lowest BCUT2D eigenvalue weighted by molar-refractivity contribution is 0.637. The second kappa shape index (κ2) is 3.01. The molecule has 8 heavy (non-hydrogen) atoms. The van der Waals surface area contributed by atoms with Crippen molar-refractivity contribution in [2.24, 2.45) is 0 Å². The molecule has 0 saturated heterocycles. The predicted octanol–water partition coefficient (Wildman–Crippen LogP) is 0.713. The number of aryl methyl sites for hydroxylation is 1. The summed E-state index contributed by atoms with van der Waals surface area (Å²) in [6.07, 6.45) is 3.55. The number of hydrogen-bond donors (Lipinski definition) is 0. The summed E-state index contributed by atoms with van der Waals surface area (Å²) in [5, 5.41) is 7.42. The summed E-state index contributed by atoms with van der Waals surface area (Å²) >= 11 is 2.30. The minimum atomic E-state index is 0.959. The molecule has 1 aromatic rings. The standard InChI is InChI=1S/C4H6IN3/c5-1-3-8-4-2-6-7-8/h2,4H,1,3H2. The van der Waals surface area contributed by atoms with E-state index in [9.17, 15) is 0 Å². The molecular formula is C4H6IN3. The number of rotatable bonds is 2. The first kappa shape index (κ1) is 6.00. The highest BCUT2D eigenvalue weighted by molar-refractivity contribution is 14.1. The Morgan fingerprint density at radius 3 is 3.00 bits per heavy atom. The molecular weight excluding hydrogens is 217 g/mol. The summed E-state index contributed by atoms with van der Waals surface area (Å²) in [7, 11) is 0. The Kier molecular flexibility index (Phi) is 2.26. The molecule has 3 nitrogen and oxygen atoms in total. The quantitative estimate of drug-likeness (QED) is 0.546. The van der Waals surface area contributed by atoms with E-state index >= 15 is 0 Å². The van der Waals surface area contributed by atoms with Crippen LogP contribution in [-0.2, 0) is 6.54 Å². The van der Waals surface area contributed by atoms with Crippen molar-refractivity contribution in [3.63, 3.8) is 0 Å². The van der Waals surface area contributed by atoms with E-state index in [0.29, 0.717) is 0 Å². The first-order valence-electron chi connectivity index (χ1n) is 2.33. The molecule has 1 aromatic heterocycles. The number of hydrogen-bond acceptors (Lipinski definition) is 2. The Bertz CT molecular complexity index is 137. The van der Waals surface area contributed by atoms with Crippen LogP contribution in [0.25, 0.3) is 0 Å². The number of aromatic nitrogens is 3. The first-order valence-corrected chi connectivity index (χ1v) is 3.86. The van der Waals surface area contributed by atoms with Gasteiger partial charge in [-0.15, -0.1) is 5.10 Å². The lowest BCUT2D eigenvalue weighted by atomic mass is 10.7. The molecule has 0 N–H and O–H groups in total. The molecule has 0 bridgehead atoms. The second-order valence-corrected chi connectivity index (χ2v) is 2.43. The summed E-state index contributed by atoms with van der Waals surface area (Å²) in [6.45, 7) is 0.959. The van der Waals surface area contributed by atoms with Gasteiger partial charge in [-0.25, -0.2) is 0 Å². The third kappa shape index (κ3) is 1.43. The molecule has 4 heteroatoms. The van der Waals surface area contributed by atoms with Crippen molar-refractivity contribution in [1.29, 1.82) is 0 Å². The van der Waals surface area contributed by atoms with Crippen LogP contribution in [-0.4, -0.2) is 19.4 Å². The predicted molar refractivity (Wildman–Crippen MR) is 38.9 cm³/mol. The third-order valence-corrected chi connectivity index (χ3v) is 1.27. The van der Waals surface area contributed by atoms with Crippen LogP contribution in [0.3, 0.4) is 0 Å². The highest BCUT2D eigenvalue weighted by Gasteiger charge is 1.84. The van der Waals surface area contributed by atoms with Crippen LogP contribution in [0.2, 0.25) is 0 Å². The van der Waals surface area contributed by atoms with Gasteiger partial charge in [0.15, 0.2) is 0 Å². The molecule has 0 saturated carbocycles. The zero-order chi connectivity index (χ0) is 5.82. The Morgan fingerprint density at radius 1 is 1.62 bits per heavy atom. The largest absolute Gasteiger partial charge is 0.252 e. The van der Waals surface area contributed by atoms with Crippen LogP contribution in [0.15, 0.2) is 12.4 Å². The van der Waals surface area contributed by atoms with Gasteiger partial charge in [0.05, 0.1) is 12.7 Å². The highest BCUT2D eigenvalue weighted by Crippen LogP contribution is 1.85. The van der Waals surface area contributed by atoms with E-state index in [1.807, 2.05) is 10.9 Å². The molecule has 1 heterocycles. The zero-order valence-electron chi connectivity index (χ0n) is 4.29. The number of halogens is 1. The molecule has 0 aliphatic carbocycles. The normalized spacial score (nSPS) is 9.62. The van der Waals surface area contributed by atoms with Crippen LogP contribution in [0.1, 0.15) is 0 Å². The van der Waals surface area contributed by atoms with Crippen molar-refractivity contribution in [2.75, 3.05) is 4.43 Å². The molecule has 0 aliphatic rings. The van der Waals surface area contributed by atoms with Crippen molar-refractivity contribution in [1.82, 2.24) is 15.0 Å². The maximum atomic E-state index is 3.77. The maximum Gasteiger partial charge on any atom is 0.0692 e. The fourth-order valence-electron chi connectivity index (χ4n) is 0.439. The minimum absolute atomic E-state index is 0.959. The van der Waals surface area contributed by atoms with Gasteiger partial charge in [-0.05, 0) is 0 Å². The molecule has 0 aromatic carbocycles. The summed E-state index contributed by atoms with van der Waals surface area (Å²) in [4.78, 5) is 0. The van der Waals surface area contributed by atoms with Gasteiger partial charge in [0, 0.05) is 10.6 Å². The van der Waals surface area contributed by atoms with E-state index in [2.05, 4.69) is 32.9 Å². The Labute approximate surface area is 61.2 Å². The van der Waals surface area contributed by atoms with Crippen LogP contribution >= 0.6 is 22.6 Å². The van der Waals surface area contributed by atoms with Crippen molar-refractivity contribution in [3.8, 4) is 0 Å². The fraction of sp³-hybridized carbons (Fsp3) is 0.500. The average molecular weight is 223 g/mol. The summed E-state index contributed by atoms with van der Waals surface area (Å²) in [6, 6.07) is 0. The van der Waals surface area contributed by atoms with Gasteiger partial charge in [0.25, 0.3) is 0 Å². The van der Waals surface area contributed by atoms with E-state index < -0.39 is 0 Å². The molecule has 0 fully saturated rings. The molecule has 0 spiro atoms. The minimum Gasteiger partial charge on any atom is -0.252 e. The van der Waals surface area contributed by atoms with Crippen molar-refractivity contribution < 1.29 is 0 Å². The lowest BCUT2D eigenvalue weighted by Crippen LogP contribution is -1.98. The summed E-state index contributed by atoms with van der Waals surface area (Å²) in [5.74, 6) is 0. The van der Waals surface area contributed by atoms with Gasteiger partial charge in [0.1, 0.15) is 0 Å². The Morgan fingerprint density at radius 2 is 2.50 bits per heavy atom. The lowest BCUT2D eigenvalue weighted by Gasteiger charge is -1.89. The van der Waals surface area contributed by atoms with E-state index in [-0.39, 0.29) is 0 Å². The fourth-order valence-corrected chi connectivity index (χ4v) is 0.933. The van der Waals surface area contributed by atoms with E-state index in [4.69, 9.17) is 0 Å². The maximum absolute atomic E-state index is 3.77. The first-order chi connectivity index (χ1) is 3.93. The summed E-state index contributed by atoms with van der Waals surface area (Å²) < 4.78 is 2.90. The molecule has 0 unspecified atom stereocenters. The smallest absolute Gasteiger partial charge is 0.0692 e. The Balaban J connectivity index is 2.50. The van der Waals surface area contributed by atoms with Gasteiger partial charge < -0.3 is 0 Å². The molecule has 1 rings (SSSR count). The van der Waals surface area contributed by atoms with Gasteiger partial charge in [-0.1, -0.05) is 27.8 Å². The molecule has 0 radical (unpaired) electrons. The van der Waals surface area contributed by atoms with Crippen molar-refractivity contribution in [3.05, 3.63) is 12.4 Å². The SMILES string of the molecule is ICCn1ccnn1. The average Bonchev–Trinajstić information content (AvgIpc) is 2.19. The third-order valence-electron chi connectivity index (χ3n) is 0.786. The van der Waals surface area contributed by atoms with Crippen LogP contribution in [0, 0.1) is 0 Å². The number of nitrogens with zero attached hydrogens (tertiary/aromatic N) is 3. The van der Waals surface area contributed by atoms with Gasteiger partial charge in [-0.2, -0.15) is 0 Å². The molecule has 44 valence electrons. The van der Waals surface area contributed by atoms with E-state index in [1.165, 1.54) is 0 Å². The summed E-state index contributed by atoms with van der Waals surface area (Å²) in [5.41, 5.74) is 0. The zero-order valence-corrected chi connectivity index (χ0v) is 6.45. The topological polar surface area (TPSA) is 30.7 Å². The molecule has 0 atom stereocenters. The van der Waals surface area contributed by atoms with Crippen molar-refractivity contribution in [2.45, 2.75) is 6.54 Å². The van der Waals surface area contributed by atoms with E-state index in [1.54, 1.807) is 6.20 Å². The number of alkyl halides is 1. The monoisotopic (exact) mass is 223 g/mol. The van der Waals surface area contributed by atoms with Gasteiger partial charge in [-0.3, -0.25) is 4.68 Å². The van der Waals surface area contributed by atoms with Crippen LogP contribution < -0.4 is 0 Å². The van der Waals surface area contributed by atoms with Crippen LogP contribution in [0.5, 0.6) is 0 Å². The van der Waals surface area contributed by atoms with Crippen molar-refractivity contribution >= 4 is 22.6 Å². The van der Waals surface area contributed by atoms with Crippen LogP contribution in [0.4, 0.5) is 0 Å². The second-order valence-electron chi connectivity index (χ2n) is 1.36. The van der Waals surface area contributed by atoms with Gasteiger partial charge in [0.2, 0.25) is 0 Å². The highest BCUT2D eigenvalue weighted by atomic mass is 127. The van der Waals surface area contributed by atoms with Gasteiger partial charge >= 0.3 is 0 Å².